The molecule has 2 N–H and O–H groups in total. The highest BCUT2D eigenvalue weighted by molar-refractivity contribution is 7.76. The maximum atomic E-state index is 14.7. The van der Waals surface area contributed by atoms with E-state index in [-0.39, 0.29) is 12.1 Å². The smallest absolute Gasteiger partial charge is 0.303 e. The predicted molar refractivity (Wildman–Crippen MR) is 79.4 cm³/mol. The van der Waals surface area contributed by atoms with E-state index in [1.807, 2.05) is 0 Å². The molecule has 124 valence electrons. The second-order valence-corrected chi connectivity index (χ2v) is 5.80. The van der Waals surface area contributed by atoms with E-state index in [4.69, 9.17) is 5.11 Å². The molecule has 1 aliphatic rings. The van der Waals surface area contributed by atoms with Crippen LogP contribution in [-0.4, -0.2) is 36.1 Å². The summed E-state index contributed by atoms with van der Waals surface area (Å²) in [7, 11) is 0. The molecule has 0 aromatic carbocycles. The van der Waals surface area contributed by atoms with Crippen molar-refractivity contribution in [3.8, 4) is 0 Å². The molecule has 1 fully saturated rings. The summed E-state index contributed by atoms with van der Waals surface area (Å²) in [5.41, 5.74) is -0.481. The molecule has 0 aliphatic carbocycles. The number of hydrogen-bond donors (Lipinski definition) is 2. The van der Waals surface area contributed by atoms with Gasteiger partial charge in [-0.1, -0.05) is 24.8 Å². The van der Waals surface area contributed by atoms with Gasteiger partial charge in [0.05, 0.1) is 11.7 Å². The van der Waals surface area contributed by atoms with Crippen LogP contribution in [0.1, 0.15) is 26.7 Å². The summed E-state index contributed by atoms with van der Waals surface area (Å²) in [6.07, 6.45) is 2.86. The van der Waals surface area contributed by atoms with Crippen molar-refractivity contribution in [2.24, 2.45) is 5.92 Å². The first kappa shape index (κ1) is 18.5. The van der Waals surface area contributed by atoms with Crippen molar-refractivity contribution in [2.45, 2.75) is 38.7 Å². The third-order valence-corrected chi connectivity index (χ3v) is 4.55. The molecule has 0 spiro atoms. The lowest BCUT2D eigenvalue weighted by atomic mass is 9.80. The van der Waals surface area contributed by atoms with Crippen molar-refractivity contribution in [3.05, 3.63) is 36.1 Å². The van der Waals surface area contributed by atoms with E-state index in [1.165, 1.54) is 26.0 Å². The highest BCUT2D eigenvalue weighted by Gasteiger charge is 2.54. The first-order valence-electron chi connectivity index (χ1n) is 6.68. The zero-order valence-corrected chi connectivity index (χ0v) is 13.1. The van der Waals surface area contributed by atoms with Crippen molar-refractivity contribution >= 4 is 17.2 Å². The lowest BCUT2D eigenvalue weighted by Crippen LogP contribution is -2.53. The molecule has 5 nitrogen and oxygen atoms in total. The minimum Gasteiger partial charge on any atom is -0.481 e. The number of alkyl halides is 2. The number of allylic oxidation sites excluding steroid dienone is 4. The largest absolute Gasteiger partial charge is 0.481 e. The third kappa shape index (κ3) is 3.44. The van der Waals surface area contributed by atoms with Gasteiger partial charge >= 0.3 is 5.97 Å². The maximum absolute atomic E-state index is 14.7. The van der Waals surface area contributed by atoms with Crippen LogP contribution in [0.2, 0.25) is 0 Å². The number of hydrogen-bond acceptors (Lipinski definition) is 2. The molecular formula is C14H19F2NO4S. The van der Waals surface area contributed by atoms with Crippen LogP contribution in [0.5, 0.6) is 0 Å². The summed E-state index contributed by atoms with van der Waals surface area (Å²) in [4.78, 5) is 10.7. The zero-order chi connectivity index (χ0) is 17.1. The molecular weight excluding hydrogens is 316 g/mol. The van der Waals surface area contributed by atoms with Crippen molar-refractivity contribution in [2.75, 3.05) is 0 Å². The van der Waals surface area contributed by atoms with Gasteiger partial charge in [-0.3, -0.25) is 13.7 Å². The zero-order valence-electron chi connectivity index (χ0n) is 12.3. The van der Waals surface area contributed by atoms with Crippen LogP contribution < -0.4 is 0 Å². The highest BCUT2D eigenvalue weighted by atomic mass is 32.2. The number of halogens is 2. The van der Waals surface area contributed by atoms with Crippen LogP contribution >= 0.6 is 0 Å². The van der Waals surface area contributed by atoms with E-state index in [2.05, 4.69) is 6.58 Å². The van der Waals surface area contributed by atoms with Gasteiger partial charge in [0.25, 0.3) is 17.2 Å². The molecule has 22 heavy (non-hydrogen) atoms. The van der Waals surface area contributed by atoms with Crippen LogP contribution in [0, 0.1) is 5.92 Å². The van der Waals surface area contributed by atoms with E-state index < -0.39 is 47.1 Å². The van der Waals surface area contributed by atoms with Crippen molar-refractivity contribution < 1.29 is 27.4 Å². The lowest BCUT2D eigenvalue weighted by Gasteiger charge is -2.45. The van der Waals surface area contributed by atoms with Gasteiger partial charge in [-0.25, -0.2) is 13.0 Å². The number of aliphatic carboxylic acids is 1. The Morgan fingerprint density at radius 1 is 1.55 bits per heavy atom. The molecule has 1 saturated heterocycles. The molecule has 1 heterocycles. The fourth-order valence-electron chi connectivity index (χ4n) is 2.70. The predicted octanol–water partition coefficient (Wildman–Crippen LogP) is 2.96. The average Bonchev–Trinajstić information content (AvgIpc) is 2.40. The number of carbonyl (C=O) groups is 1. The molecule has 0 aromatic rings. The third-order valence-electron chi connectivity index (χ3n) is 3.69. The Kier molecular flexibility index (Phi) is 6.01. The molecule has 3 atom stereocenters. The molecule has 0 saturated carbocycles. The van der Waals surface area contributed by atoms with Gasteiger partial charge in [-0.05, 0) is 20.3 Å². The molecule has 1 rings (SSSR count). The van der Waals surface area contributed by atoms with Gasteiger partial charge in [0, 0.05) is 17.9 Å². The van der Waals surface area contributed by atoms with Gasteiger partial charge < -0.3 is 5.11 Å². The Balaban J connectivity index is 3.39. The molecule has 0 bridgehead atoms. The first-order chi connectivity index (χ1) is 10.2. The van der Waals surface area contributed by atoms with Gasteiger partial charge in [-0.2, -0.15) is 0 Å². The second-order valence-electron chi connectivity index (χ2n) is 4.95. The van der Waals surface area contributed by atoms with E-state index in [1.54, 1.807) is 0 Å². The van der Waals surface area contributed by atoms with Gasteiger partial charge in [0.15, 0.2) is 0 Å². The van der Waals surface area contributed by atoms with Crippen LogP contribution in [-0.2, 0) is 16.1 Å². The average molecular weight is 335 g/mol. The molecule has 8 heteroatoms. The summed E-state index contributed by atoms with van der Waals surface area (Å²) >= 11 is -2.50. The Hall–Kier alpha value is -1.54. The summed E-state index contributed by atoms with van der Waals surface area (Å²) in [6, 6.07) is -0.992. The molecule has 0 aromatic heterocycles. The highest BCUT2D eigenvalue weighted by Crippen LogP contribution is 2.48. The lowest BCUT2D eigenvalue weighted by molar-refractivity contribution is -0.138. The van der Waals surface area contributed by atoms with Gasteiger partial charge in [0.1, 0.15) is 0 Å². The van der Waals surface area contributed by atoms with Crippen LogP contribution in [0.3, 0.4) is 0 Å². The minimum atomic E-state index is -3.32. The summed E-state index contributed by atoms with van der Waals surface area (Å²) in [5, 5.41) is 8.73. The maximum Gasteiger partial charge on any atom is 0.303 e. The van der Waals surface area contributed by atoms with Crippen LogP contribution in [0.25, 0.3) is 0 Å². The summed E-state index contributed by atoms with van der Waals surface area (Å²) < 4.78 is 51.5. The Bertz CT molecular complexity index is 545. The van der Waals surface area contributed by atoms with E-state index in [0.29, 0.717) is 0 Å². The monoisotopic (exact) mass is 335 g/mol. The minimum absolute atomic E-state index is 0.0511. The SMILES string of the molecule is C=CC=C1/C(=C\C)N(S(=O)O)[C@H](C)C(CCC(=O)O)C1(F)F. The van der Waals surface area contributed by atoms with Crippen molar-refractivity contribution in [1.82, 2.24) is 4.31 Å². The van der Waals surface area contributed by atoms with E-state index >= 15 is 0 Å². The van der Waals surface area contributed by atoms with Crippen LogP contribution in [0.15, 0.2) is 36.1 Å². The standard InChI is InChI=1S/C14H19F2NO4S/c1-4-6-11-12(5-2)17(22(20)21)9(3)10(14(11,15)16)7-8-13(18)19/h4-6,9-10H,1,7-8H2,2-3H3,(H,18,19)(H,20,21)/b11-6?,12-5+/t9-,10?/m1/s1. The second kappa shape index (κ2) is 7.15. The summed E-state index contributed by atoms with van der Waals surface area (Å²) in [5.74, 6) is -5.90. The Morgan fingerprint density at radius 2 is 2.14 bits per heavy atom. The normalized spacial score (nSPS) is 29.6. The topological polar surface area (TPSA) is 77.8 Å². The number of piperidine rings is 1. The van der Waals surface area contributed by atoms with E-state index in [0.717, 1.165) is 10.4 Å². The number of carboxylic acid groups (broad SMARTS) is 1. The van der Waals surface area contributed by atoms with Crippen molar-refractivity contribution in [1.29, 1.82) is 0 Å². The Morgan fingerprint density at radius 3 is 2.55 bits per heavy atom. The quantitative estimate of drug-likeness (QED) is 0.757. The van der Waals surface area contributed by atoms with Crippen molar-refractivity contribution in [3.63, 3.8) is 0 Å². The first-order valence-corrected chi connectivity index (χ1v) is 7.74. The number of nitrogens with zero attached hydrogens (tertiary/aromatic N) is 1. The van der Waals surface area contributed by atoms with Crippen LogP contribution in [0.4, 0.5) is 8.78 Å². The fourth-order valence-corrected chi connectivity index (χ4v) is 3.50. The molecule has 1 aliphatic heterocycles. The molecule has 2 unspecified atom stereocenters. The molecule has 0 radical (unpaired) electrons. The Labute approximate surface area is 130 Å². The number of carboxylic acids is 1. The van der Waals surface area contributed by atoms with Gasteiger partial charge in [-0.15, -0.1) is 0 Å². The van der Waals surface area contributed by atoms with Gasteiger partial charge in [0.2, 0.25) is 0 Å². The fraction of sp³-hybridized carbons (Fsp3) is 0.500. The number of rotatable bonds is 5. The summed E-state index contributed by atoms with van der Waals surface area (Å²) in [6.45, 7) is 6.27. The molecule has 0 amide bonds. The van der Waals surface area contributed by atoms with E-state index in [9.17, 15) is 22.3 Å².